The molecule has 0 unspecified atom stereocenters. The number of fused-ring (bicyclic) bond motifs is 1. The molecule has 1 aliphatic rings. The maximum absolute atomic E-state index is 4.70. The molecule has 2 aromatic rings. The number of para-hydroxylation sites is 1. The monoisotopic (exact) mass is 241 g/mol. The average molecular weight is 241 g/mol. The maximum atomic E-state index is 4.70. The van der Waals surface area contributed by atoms with Crippen LogP contribution in [-0.2, 0) is 19.4 Å². The van der Waals surface area contributed by atoms with Crippen LogP contribution in [0.3, 0.4) is 0 Å². The van der Waals surface area contributed by atoms with Gasteiger partial charge in [-0.2, -0.15) is 0 Å². The summed E-state index contributed by atoms with van der Waals surface area (Å²) < 4.78 is 2.34. The summed E-state index contributed by atoms with van der Waals surface area (Å²) in [5, 5.41) is 3.39. The molecule has 1 aromatic carbocycles. The fraction of sp³-hybridized carbons (Fsp3) is 0.400. The zero-order chi connectivity index (χ0) is 12.5. The van der Waals surface area contributed by atoms with Crippen molar-refractivity contribution in [1.82, 2.24) is 14.9 Å². The Hall–Kier alpha value is -1.61. The summed E-state index contributed by atoms with van der Waals surface area (Å²) in [6, 6.07) is 8.64. The van der Waals surface area contributed by atoms with Gasteiger partial charge in [0.2, 0.25) is 0 Å². The van der Waals surface area contributed by atoms with Gasteiger partial charge in [0, 0.05) is 25.2 Å². The number of benzene rings is 1. The minimum absolute atomic E-state index is 0.900. The van der Waals surface area contributed by atoms with Crippen molar-refractivity contribution >= 4 is 0 Å². The smallest absolute Gasteiger partial charge is 0.110 e. The SMILES string of the molecule is CCc1ccccc1-n1c(C)nc2c1CCNC2. The predicted octanol–water partition coefficient (Wildman–Crippen LogP) is 2.39. The molecule has 0 radical (unpaired) electrons. The second-order valence-electron chi connectivity index (χ2n) is 4.80. The molecule has 0 fully saturated rings. The molecule has 3 rings (SSSR count). The predicted molar refractivity (Wildman–Crippen MR) is 73.1 cm³/mol. The molecule has 18 heavy (non-hydrogen) atoms. The molecular formula is C15H19N3. The molecule has 3 nitrogen and oxygen atoms in total. The average Bonchev–Trinajstić information content (AvgIpc) is 2.74. The first-order valence-corrected chi connectivity index (χ1v) is 6.67. The third kappa shape index (κ3) is 1.75. The molecule has 0 bridgehead atoms. The van der Waals surface area contributed by atoms with E-state index in [1.807, 2.05) is 0 Å². The van der Waals surface area contributed by atoms with Gasteiger partial charge >= 0.3 is 0 Å². The Balaban J connectivity index is 2.19. The Morgan fingerprint density at radius 3 is 3.00 bits per heavy atom. The number of rotatable bonds is 2. The number of nitrogens with one attached hydrogen (secondary N) is 1. The van der Waals surface area contributed by atoms with Crippen molar-refractivity contribution in [2.45, 2.75) is 33.2 Å². The quantitative estimate of drug-likeness (QED) is 0.875. The fourth-order valence-electron chi connectivity index (χ4n) is 2.79. The van der Waals surface area contributed by atoms with Crippen LogP contribution in [0.5, 0.6) is 0 Å². The normalized spacial score (nSPS) is 14.6. The molecule has 1 aromatic heterocycles. The van der Waals surface area contributed by atoms with Crippen LogP contribution >= 0.6 is 0 Å². The molecule has 1 aliphatic heterocycles. The van der Waals surface area contributed by atoms with Crippen molar-refractivity contribution < 1.29 is 0 Å². The number of imidazole rings is 1. The molecule has 0 spiro atoms. The molecule has 94 valence electrons. The topological polar surface area (TPSA) is 29.9 Å². The van der Waals surface area contributed by atoms with Gasteiger partial charge in [-0.1, -0.05) is 25.1 Å². The van der Waals surface area contributed by atoms with Crippen molar-refractivity contribution in [1.29, 1.82) is 0 Å². The highest BCUT2D eigenvalue weighted by molar-refractivity contribution is 5.45. The van der Waals surface area contributed by atoms with E-state index in [4.69, 9.17) is 4.98 Å². The van der Waals surface area contributed by atoms with Crippen LogP contribution in [0.1, 0.15) is 29.7 Å². The Kier molecular flexibility index (Phi) is 2.92. The van der Waals surface area contributed by atoms with Gasteiger partial charge in [0.25, 0.3) is 0 Å². The summed E-state index contributed by atoms with van der Waals surface area (Å²) in [6.45, 7) is 6.26. The summed E-state index contributed by atoms with van der Waals surface area (Å²) in [5.74, 6) is 1.10. The van der Waals surface area contributed by atoms with Gasteiger partial charge in [-0.15, -0.1) is 0 Å². The number of nitrogens with zero attached hydrogens (tertiary/aromatic N) is 2. The molecule has 0 amide bonds. The van der Waals surface area contributed by atoms with Crippen LogP contribution in [0.15, 0.2) is 24.3 Å². The Morgan fingerprint density at radius 1 is 1.33 bits per heavy atom. The summed E-state index contributed by atoms with van der Waals surface area (Å²) in [4.78, 5) is 4.70. The lowest BCUT2D eigenvalue weighted by Crippen LogP contribution is -2.25. The molecular weight excluding hydrogens is 222 g/mol. The van der Waals surface area contributed by atoms with Crippen LogP contribution < -0.4 is 5.32 Å². The van der Waals surface area contributed by atoms with Crippen molar-refractivity contribution in [2.24, 2.45) is 0 Å². The number of aryl methyl sites for hydroxylation is 2. The molecule has 0 atom stereocenters. The molecule has 2 heterocycles. The van der Waals surface area contributed by atoms with Gasteiger partial charge in [0.1, 0.15) is 5.82 Å². The second-order valence-corrected chi connectivity index (χ2v) is 4.80. The first kappa shape index (κ1) is 11.5. The molecule has 1 N–H and O–H groups in total. The van der Waals surface area contributed by atoms with Gasteiger partial charge in [0.15, 0.2) is 0 Å². The summed E-state index contributed by atoms with van der Waals surface area (Å²) in [5.41, 5.74) is 5.28. The Morgan fingerprint density at radius 2 is 2.17 bits per heavy atom. The van der Waals surface area contributed by atoms with E-state index in [1.54, 1.807) is 0 Å². The summed E-state index contributed by atoms with van der Waals surface area (Å²) in [7, 11) is 0. The zero-order valence-electron chi connectivity index (χ0n) is 11.0. The van der Waals surface area contributed by atoms with Crippen molar-refractivity contribution in [3.05, 3.63) is 47.0 Å². The zero-order valence-corrected chi connectivity index (χ0v) is 11.0. The highest BCUT2D eigenvalue weighted by atomic mass is 15.1. The van der Waals surface area contributed by atoms with E-state index >= 15 is 0 Å². The number of aromatic nitrogens is 2. The summed E-state index contributed by atoms with van der Waals surface area (Å²) in [6.07, 6.45) is 2.12. The van der Waals surface area contributed by atoms with Gasteiger partial charge in [-0.3, -0.25) is 0 Å². The first-order valence-electron chi connectivity index (χ1n) is 6.67. The third-order valence-corrected chi connectivity index (χ3v) is 3.67. The minimum atomic E-state index is 0.900. The number of hydrogen-bond donors (Lipinski definition) is 1. The number of hydrogen-bond acceptors (Lipinski definition) is 2. The minimum Gasteiger partial charge on any atom is -0.311 e. The lowest BCUT2D eigenvalue weighted by Gasteiger charge is -2.17. The Labute approximate surface area is 108 Å². The van der Waals surface area contributed by atoms with E-state index in [1.165, 1.54) is 22.6 Å². The molecule has 0 aliphatic carbocycles. The van der Waals surface area contributed by atoms with E-state index in [9.17, 15) is 0 Å². The van der Waals surface area contributed by atoms with Crippen LogP contribution in [-0.4, -0.2) is 16.1 Å². The van der Waals surface area contributed by atoms with Crippen molar-refractivity contribution in [3.63, 3.8) is 0 Å². The van der Waals surface area contributed by atoms with E-state index in [-0.39, 0.29) is 0 Å². The lowest BCUT2D eigenvalue weighted by molar-refractivity contribution is 0.619. The third-order valence-electron chi connectivity index (χ3n) is 3.67. The standard InChI is InChI=1S/C15H19N3/c1-3-12-6-4-5-7-14(12)18-11(2)17-13-10-16-9-8-15(13)18/h4-7,16H,3,8-10H2,1-2H3. The van der Waals surface area contributed by atoms with Gasteiger partial charge in [0.05, 0.1) is 11.4 Å². The van der Waals surface area contributed by atoms with Gasteiger partial charge in [-0.05, 0) is 25.0 Å². The highest BCUT2D eigenvalue weighted by Gasteiger charge is 2.19. The summed E-state index contributed by atoms with van der Waals surface area (Å²) >= 11 is 0. The van der Waals surface area contributed by atoms with Crippen LogP contribution in [0.2, 0.25) is 0 Å². The molecule has 3 heteroatoms. The van der Waals surface area contributed by atoms with Gasteiger partial charge in [-0.25, -0.2) is 4.98 Å². The van der Waals surface area contributed by atoms with Crippen molar-refractivity contribution in [2.75, 3.05) is 6.54 Å². The highest BCUT2D eigenvalue weighted by Crippen LogP contribution is 2.23. The van der Waals surface area contributed by atoms with Crippen LogP contribution in [0.25, 0.3) is 5.69 Å². The van der Waals surface area contributed by atoms with E-state index in [2.05, 4.69) is 48.0 Å². The fourth-order valence-corrected chi connectivity index (χ4v) is 2.79. The second kappa shape index (κ2) is 4.58. The van der Waals surface area contributed by atoms with E-state index in [0.29, 0.717) is 0 Å². The molecule has 0 saturated carbocycles. The Bertz CT molecular complexity index is 569. The van der Waals surface area contributed by atoms with E-state index < -0.39 is 0 Å². The van der Waals surface area contributed by atoms with Crippen LogP contribution in [0, 0.1) is 6.92 Å². The largest absolute Gasteiger partial charge is 0.311 e. The first-order chi connectivity index (χ1) is 8.81. The maximum Gasteiger partial charge on any atom is 0.110 e. The van der Waals surface area contributed by atoms with Crippen molar-refractivity contribution in [3.8, 4) is 5.69 Å². The van der Waals surface area contributed by atoms with E-state index in [0.717, 1.165) is 31.8 Å². The lowest BCUT2D eigenvalue weighted by atomic mass is 10.1. The molecule has 0 saturated heterocycles. The van der Waals surface area contributed by atoms with Crippen LogP contribution in [0.4, 0.5) is 0 Å². The van der Waals surface area contributed by atoms with Gasteiger partial charge < -0.3 is 9.88 Å².